The average molecular weight is 364 g/mol. The molecular formula is C19H19F3N2O2. The van der Waals surface area contributed by atoms with Gasteiger partial charge in [-0.3, -0.25) is 9.59 Å². The molecule has 138 valence electrons. The van der Waals surface area contributed by atoms with Crippen LogP contribution in [0.15, 0.2) is 54.6 Å². The minimum atomic E-state index is -4.50. The first-order valence-electron chi connectivity index (χ1n) is 7.97. The van der Waals surface area contributed by atoms with E-state index in [4.69, 9.17) is 0 Å². The molecule has 2 rings (SSSR count). The summed E-state index contributed by atoms with van der Waals surface area (Å²) < 4.78 is 38.6. The van der Waals surface area contributed by atoms with Crippen LogP contribution in [0, 0.1) is 0 Å². The maximum absolute atomic E-state index is 12.9. The summed E-state index contributed by atoms with van der Waals surface area (Å²) in [5.74, 6) is -0.672. The fourth-order valence-corrected chi connectivity index (χ4v) is 2.49. The molecule has 0 N–H and O–H groups in total. The third kappa shape index (κ3) is 4.84. The highest BCUT2D eigenvalue weighted by atomic mass is 19.4. The maximum Gasteiger partial charge on any atom is 0.416 e. The zero-order valence-electron chi connectivity index (χ0n) is 14.5. The van der Waals surface area contributed by atoms with Gasteiger partial charge >= 0.3 is 6.18 Å². The van der Waals surface area contributed by atoms with E-state index in [9.17, 15) is 22.8 Å². The van der Waals surface area contributed by atoms with Gasteiger partial charge in [0.2, 0.25) is 11.8 Å². The van der Waals surface area contributed by atoms with Crippen molar-refractivity contribution >= 4 is 23.2 Å². The van der Waals surface area contributed by atoms with E-state index in [1.807, 2.05) is 6.07 Å². The monoisotopic (exact) mass is 364 g/mol. The molecule has 0 atom stereocenters. The Hall–Kier alpha value is -2.83. The first kappa shape index (κ1) is 19.5. The topological polar surface area (TPSA) is 40.6 Å². The minimum Gasteiger partial charge on any atom is -0.315 e. The van der Waals surface area contributed by atoms with Crippen LogP contribution in [0.4, 0.5) is 24.5 Å². The summed E-state index contributed by atoms with van der Waals surface area (Å²) in [6.07, 6.45) is -4.51. The van der Waals surface area contributed by atoms with Crippen LogP contribution in [0.3, 0.4) is 0 Å². The van der Waals surface area contributed by atoms with Crippen LogP contribution in [-0.2, 0) is 15.8 Å². The van der Waals surface area contributed by atoms with Crippen molar-refractivity contribution in [2.24, 2.45) is 0 Å². The lowest BCUT2D eigenvalue weighted by Gasteiger charge is -2.24. The highest BCUT2D eigenvalue weighted by molar-refractivity contribution is 5.95. The zero-order chi connectivity index (χ0) is 19.3. The van der Waals surface area contributed by atoms with Crippen molar-refractivity contribution in [2.45, 2.75) is 19.5 Å². The smallest absolute Gasteiger partial charge is 0.315 e. The number of amides is 2. The van der Waals surface area contributed by atoms with Gasteiger partial charge in [0.05, 0.1) is 5.56 Å². The summed E-state index contributed by atoms with van der Waals surface area (Å²) in [7, 11) is 1.61. The first-order valence-corrected chi connectivity index (χ1v) is 7.97. The van der Waals surface area contributed by atoms with E-state index >= 15 is 0 Å². The van der Waals surface area contributed by atoms with Crippen molar-refractivity contribution in [1.82, 2.24) is 0 Å². The second-order valence-electron chi connectivity index (χ2n) is 5.76. The van der Waals surface area contributed by atoms with Crippen LogP contribution in [0.1, 0.15) is 18.9 Å². The highest BCUT2D eigenvalue weighted by Crippen LogP contribution is 2.31. The van der Waals surface area contributed by atoms with Crippen molar-refractivity contribution in [1.29, 1.82) is 0 Å². The van der Waals surface area contributed by atoms with Gasteiger partial charge in [-0.05, 0) is 30.3 Å². The van der Waals surface area contributed by atoms with Gasteiger partial charge < -0.3 is 9.80 Å². The molecule has 0 aliphatic carbocycles. The SMILES string of the molecule is CC(=O)N(CCC(=O)N(C)c1ccccc1)c1cccc(C(F)(F)F)c1. The predicted octanol–water partition coefficient (Wildman–Crippen LogP) is 4.11. The number of rotatable bonds is 5. The summed E-state index contributed by atoms with van der Waals surface area (Å²) in [5, 5.41) is 0. The Morgan fingerprint density at radius 2 is 1.58 bits per heavy atom. The molecule has 0 aromatic heterocycles. The van der Waals surface area contributed by atoms with Crippen molar-refractivity contribution in [3.05, 3.63) is 60.2 Å². The molecule has 0 saturated heterocycles. The van der Waals surface area contributed by atoms with E-state index in [1.54, 1.807) is 31.3 Å². The van der Waals surface area contributed by atoms with Crippen molar-refractivity contribution in [3.63, 3.8) is 0 Å². The van der Waals surface area contributed by atoms with Crippen LogP contribution in [0.25, 0.3) is 0 Å². The van der Waals surface area contributed by atoms with Gasteiger partial charge in [0, 0.05) is 38.3 Å². The second kappa shape index (κ2) is 8.03. The Balaban J connectivity index is 2.12. The Labute approximate surface area is 149 Å². The van der Waals surface area contributed by atoms with Gasteiger partial charge in [-0.2, -0.15) is 13.2 Å². The molecule has 4 nitrogen and oxygen atoms in total. The first-order chi connectivity index (χ1) is 12.2. The molecule has 0 unspecified atom stereocenters. The van der Waals surface area contributed by atoms with Gasteiger partial charge in [-0.25, -0.2) is 0 Å². The lowest BCUT2D eigenvalue weighted by atomic mass is 10.1. The van der Waals surface area contributed by atoms with Crippen LogP contribution in [-0.4, -0.2) is 25.4 Å². The third-order valence-corrected chi connectivity index (χ3v) is 3.93. The molecule has 7 heteroatoms. The number of para-hydroxylation sites is 1. The molecule has 26 heavy (non-hydrogen) atoms. The van der Waals surface area contributed by atoms with E-state index in [0.29, 0.717) is 5.69 Å². The Bertz CT molecular complexity index is 776. The molecule has 2 aromatic carbocycles. The quantitative estimate of drug-likeness (QED) is 0.801. The normalized spacial score (nSPS) is 11.1. The van der Waals surface area contributed by atoms with Crippen LogP contribution >= 0.6 is 0 Å². The molecule has 0 fully saturated rings. The number of anilines is 2. The van der Waals surface area contributed by atoms with E-state index in [0.717, 1.165) is 12.1 Å². The largest absolute Gasteiger partial charge is 0.416 e. The molecule has 0 radical (unpaired) electrons. The molecule has 0 heterocycles. The number of hydrogen-bond donors (Lipinski definition) is 0. The third-order valence-electron chi connectivity index (χ3n) is 3.93. The minimum absolute atomic E-state index is 0.00729. The fraction of sp³-hybridized carbons (Fsp3) is 0.263. The number of hydrogen-bond acceptors (Lipinski definition) is 2. The molecule has 0 bridgehead atoms. The van der Waals surface area contributed by atoms with Gasteiger partial charge in [0.1, 0.15) is 0 Å². The number of halogens is 3. The van der Waals surface area contributed by atoms with Crippen LogP contribution < -0.4 is 9.80 Å². The average Bonchev–Trinajstić information content (AvgIpc) is 2.61. The van der Waals surface area contributed by atoms with E-state index in [-0.39, 0.29) is 24.6 Å². The van der Waals surface area contributed by atoms with E-state index < -0.39 is 17.6 Å². The van der Waals surface area contributed by atoms with Crippen molar-refractivity contribution < 1.29 is 22.8 Å². The predicted molar refractivity (Wildman–Crippen MR) is 93.9 cm³/mol. The van der Waals surface area contributed by atoms with Gasteiger partial charge in [0.15, 0.2) is 0 Å². The number of alkyl halides is 3. The second-order valence-corrected chi connectivity index (χ2v) is 5.76. The van der Waals surface area contributed by atoms with Crippen molar-refractivity contribution in [3.8, 4) is 0 Å². The number of benzene rings is 2. The number of carbonyl (C=O) groups is 2. The van der Waals surface area contributed by atoms with Gasteiger partial charge in [-0.15, -0.1) is 0 Å². The summed E-state index contributed by atoms with van der Waals surface area (Å²) in [6, 6.07) is 13.5. The standard InChI is InChI=1S/C19H19F3N2O2/c1-14(25)24(17-10-6-7-15(13-17)19(20,21)22)12-11-18(26)23(2)16-8-4-3-5-9-16/h3-10,13H,11-12H2,1-2H3. The zero-order valence-corrected chi connectivity index (χ0v) is 14.5. The summed E-state index contributed by atoms with van der Waals surface area (Å²) in [6.45, 7) is 1.25. The Morgan fingerprint density at radius 1 is 0.962 bits per heavy atom. The molecule has 0 aliphatic rings. The molecule has 2 amide bonds. The molecule has 0 saturated carbocycles. The molecule has 0 spiro atoms. The molecular weight excluding hydrogens is 345 g/mol. The van der Waals surface area contributed by atoms with Crippen LogP contribution in [0.2, 0.25) is 0 Å². The summed E-state index contributed by atoms with van der Waals surface area (Å²) in [5.41, 5.74) is -0.0255. The van der Waals surface area contributed by atoms with Crippen molar-refractivity contribution in [2.75, 3.05) is 23.4 Å². The summed E-state index contributed by atoms with van der Waals surface area (Å²) in [4.78, 5) is 26.8. The van der Waals surface area contributed by atoms with E-state index in [2.05, 4.69) is 0 Å². The number of carbonyl (C=O) groups excluding carboxylic acids is 2. The van der Waals surface area contributed by atoms with Crippen LogP contribution in [0.5, 0.6) is 0 Å². The lowest BCUT2D eigenvalue weighted by molar-refractivity contribution is -0.137. The van der Waals surface area contributed by atoms with E-state index in [1.165, 1.54) is 28.9 Å². The summed E-state index contributed by atoms with van der Waals surface area (Å²) >= 11 is 0. The highest BCUT2D eigenvalue weighted by Gasteiger charge is 2.31. The Kier molecular flexibility index (Phi) is 6.02. The molecule has 2 aromatic rings. The fourth-order valence-electron chi connectivity index (χ4n) is 2.49. The Morgan fingerprint density at radius 3 is 2.15 bits per heavy atom. The lowest BCUT2D eigenvalue weighted by Crippen LogP contribution is -2.34. The van der Waals surface area contributed by atoms with Gasteiger partial charge in [0.25, 0.3) is 0 Å². The number of nitrogens with zero attached hydrogens (tertiary/aromatic N) is 2. The van der Waals surface area contributed by atoms with Gasteiger partial charge in [-0.1, -0.05) is 24.3 Å². The molecule has 0 aliphatic heterocycles. The maximum atomic E-state index is 12.9.